The minimum Gasteiger partial charge on any atom is -0.508 e. The molecule has 0 unspecified atom stereocenters. The number of phenols is 1. The van der Waals surface area contributed by atoms with Crippen molar-refractivity contribution >= 4 is 28.9 Å². The lowest BCUT2D eigenvalue weighted by molar-refractivity contribution is -0.153. The highest BCUT2D eigenvalue weighted by Gasteiger charge is 2.64. The summed E-state index contributed by atoms with van der Waals surface area (Å²) < 4.78 is 0. The van der Waals surface area contributed by atoms with Gasteiger partial charge in [0.2, 0.25) is 5.78 Å². The van der Waals surface area contributed by atoms with E-state index in [0.717, 1.165) is 0 Å². The summed E-state index contributed by atoms with van der Waals surface area (Å²) in [5, 5.41) is 49.2. The minimum atomic E-state index is -2.68. The number of aromatic hydroxyl groups is 1. The zero-order valence-corrected chi connectivity index (χ0v) is 23.3. The molecule has 0 bridgehead atoms. The summed E-state index contributed by atoms with van der Waals surface area (Å²) in [4.78, 5) is 48.1. The Morgan fingerprint density at radius 2 is 1.85 bits per heavy atom. The van der Waals surface area contributed by atoms with E-state index in [-0.39, 0.29) is 29.7 Å². The normalized spacial score (nSPS) is 26.7. The highest BCUT2D eigenvalue weighted by atomic mass is 16.6. The number of aliphatic hydroxyl groups excluding tert-OH is 2. The topological polar surface area (TPSA) is 186 Å². The zero-order valence-electron chi connectivity index (χ0n) is 23.3. The number of primary amides is 1. The van der Waals surface area contributed by atoms with Crippen LogP contribution in [0.3, 0.4) is 0 Å². The van der Waals surface area contributed by atoms with E-state index < -0.39 is 58.0 Å². The number of oxime groups is 1. The van der Waals surface area contributed by atoms with Crippen LogP contribution in [0.15, 0.2) is 34.2 Å². The Labute approximate surface area is 232 Å². The van der Waals surface area contributed by atoms with E-state index in [1.807, 2.05) is 19.0 Å². The molecule has 216 valence electrons. The Morgan fingerprint density at radius 1 is 1.18 bits per heavy atom. The number of nitrogens with zero attached hydrogens (tertiary/aromatic N) is 3. The number of fused-ring (bicyclic) bond motifs is 3. The Hall–Kier alpha value is -3.74. The van der Waals surface area contributed by atoms with Crippen molar-refractivity contribution in [2.24, 2.45) is 22.7 Å². The number of amides is 1. The fraction of sp³-hybridized carbons (Fsp3) is 0.500. The van der Waals surface area contributed by atoms with Gasteiger partial charge in [-0.25, -0.2) is 0 Å². The fourth-order valence-corrected chi connectivity index (χ4v) is 6.22. The van der Waals surface area contributed by atoms with E-state index in [0.29, 0.717) is 36.4 Å². The molecule has 12 nitrogen and oxygen atoms in total. The molecular weight excluding hydrogens is 520 g/mol. The molecule has 1 aromatic carbocycles. The van der Waals surface area contributed by atoms with Crippen molar-refractivity contribution in [2.45, 2.75) is 37.8 Å². The van der Waals surface area contributed by atoms with Crippen LogP contribution in [-0.4, -0.2) is 106 Å². The van der Waals surface area contributed by atoms with Crippen LogP contribution in [0.25, 0.3) is 5.76 Å². The van der Waals surface area contributed by atoms with Crippen LogP contribution in [-0.2, 0) is 25.6 Å². The molecule has 0 radical (unpaired) electrons. The van der Waals surface area contributed by atoms with Gasteiger partial charge < -0.3 is 35.9 Å². The van der Waals surface area contributed by atoms with Gasteiger partial charge in [-0.05, 0) is 71.6 Å². The van der Waals surface area contributed by atoms with Crippen molar-refractivity contribution in [1.82, 2.24) is 9.80 Å². The molecule has 1 saturated carbocycles. The first kappa shape index (κ1) is 29.2. The number of phenolic OH excluding ortho intramolecular Hbond substituents is 1. The van der Waals surface area contributed by atoms with Gasteiger partial charge >= 0.3 is 0 Å². The van der Waals surface area contributed by atoms with Gasteiger partial charge in [-0.1, -0.05) is 5.16 Å². The highest BCUT2D eigenvalue weighted by Crippen LogP contribution is 2.53. The van der Waals surface area contributed by atoms with Gasteiger partial charge in [-0.3, -0.25) is 19.3 Å². The monoisotopic (exact) mass is 556 g/mol. The number of benzene rings is 1. The molecule has 1 fully saturated rings. The Bertz CT molecular complexity index is 1360. The first-order chi connectivity index (χ1) is 18.8. The van der Waals surface area contributed by atoms with Gasteiger partial charge in [0.25, 0.3) is 5.91 Å². The summed E-state index contributed by atoms with van der Waals surface area (Å²) in [5.41, 5.74) is 3.43. The van der Waals surface area contributed by atoms with Crippen molar-refractivity contribution in [3.05, 3.63) is 45.7 Å². The smallest absolute Gasteiger partial charge is 0.255 e. The molecule has 0 aromatic heterocycles. The van der Waals surface area contributed by atoms with E-state index in [1.54, 1.807) is 27.1 Å². The maximum atomic E-state index is 14.0. The summed E-state index contributed by atoms with van der Waals surface area (Å²) >= 11 is 0. The molecule has 1 amide bonds. The molecule has 3 aliphatic carbocycles. The molecule has 0 aliphatic heterocycles. The number of likely N-dealkylation sites (N-methyl/N-ethyl adjacent to an activating group) is 1. The lowest BCUT2D eigenvalue weighted by Gasteiger charge is -2.50. The Kier molecular flexibility index (Phi) is 7.81. The number of hydrogen-bond donors (Lipinski definition) is 5. The number of rotatable bonds is 8. The number of carbonyl (C=O) groups excluding carboxylic acids is 3. The summed E-state index contributed by atoms with van der Waals surface area (Å²) in [6.45, 7) is 2.78. The molecular formula is C28H36N4O8. The first-order valence-corrected chi connectivity index (χ1v) is 13.1. The molecule has 40 heavy (non-hydrogen) atoms. The van der Waals surface area contributed by atoms with E-state index in [9.17, 15) is 34.8 Å². The predicted molar refractivity (Wildman–Crippen MR) is 146 cm³/mol. The number of nitrogens with two attached hydrogens (primary N) is 1. The number of hydrogen-bond acceptors (Lipinski definition) is 11. The maximum Gasteiger partial charge on any atom is 0.255 e. The van der Waals surface area contributed by atoms with Crippen LogP contribution in [0.5, 0.6) is 5.75 Å². The number of ketones is 2. The Balaban J connectivity index is 1.93. The van der Waals surface area contributed by atoms with Gasteiger partial charge in [0.1, 0.15) is 29.4 Å². The SMILES string of the molecule is CCO/N=C(\CCN(C)C)c1ccc(O)c2c1C[C@H]1C[C@H]3[C@@H](N(C)C)C(=O)C(C(N)=O)=C(O)[C@@]3(O)C(=O)C1=C2O. The summed E-state index contributed by atoms with van der Waals surface area (Å²) in [7, 11) is 6.95. The molecule has 0 spiro atoms. The third kappa shape index (κ3) is 4.45. The number of Topliss-reactive ketones (excluding diaryl/α,β-unsaturated/α-hetero) is 2. The van der Waals surface area contributed by atoms with Crippen molar-refractivity contribution < 1.29 is 39.6 Å². The average molecular weight is 557 g/mol. The maximum absolute atomic E-state index is 14.0. The van der Waals surface area contributed by atoms with Crippen LogP contribution < -0.4 is 5.73 Å². The van der Waals surface area contributed by atoms with Crippen LogP contribution in [0.4, 0.5) is 0 Å². The second-order valence-electron chi connectivity index (χ2n) is 11.0. The standard InChI is InChI=1S/C28H36N4O8/c1-6-40-30-17(9-10-31(2)3)14-7-8-18(33)20-15(14)11-13-12-16-22(32(4)5)24(35)21(27(29)38)26(37)28(16,39)25(36)19(13)23(20)34/h7-8,13,16,22,33-34,37,39H,6,9-12H2,1-5H3,(H2,29,38)/b30-17+/t13-,16-,22+,28-/m0/s1. The van der Waals surface area contributed by atoms with Crippen LogP contribution >= 0.6 is 0 Å². The molecule has 6 N–H and O–H groups in total. The van der Waals surface area contributed by atoms with Gasteiger partial charge in [-0.15, -0.1) is 0 Å². The first-order valence-electron chi connectivity index (χ1n) is 13.1. The predicted octanol–water partition coefficient (Wildman–Crippen LogP) is 0.656. The molecule has 3 aliphatic rings. The number of carbonyl (C=O) groups is 3. The summed E-state index contributed by atoms with van der Waals surface area (Å²) in [6.07, 6.45) is 0.682. The average Bonchev–Trinajstić information content (AvgIpc) is 2.86. The minimum absolute atomic E-state index is 0.0104. The van der Waals surface area contributed by atoms with Crippen LogP contribution in [0.2, 0.25) is 0 Å². The quantitative estimate of drug-likeness (QED) is 0.173. The molecule has 12 heteroatoms. The van der Waals surface area contributed by atoms with Gasteiger partial charge in [0, 0.05) is 30.0 Å². The van der Waals surface area contributed by atoms with Crippen molar-refractivity contribution in [3.63, 3.8) is 0 Å². The number of aliphatic hydroxyl groups is 3. The molecule has 4 atom stereocenters. The van der Waals surface area contributed by atoms with Gasteiger partial charge in [0.05, 0.1) is 17.3 Å². The Morgan fingerprint density at radius 3 is 2.42 bits per heavy atom. The third-order valence-electron chi connectivity index (χ3n) is 8.01. The fourth-order valence-electron chi connectivity index (χ4n) is 6.22. The molecule has 1 aromatic rings. The lowest BCUT2D eigenvalue weighted by atomic mass is 9.57. The molecule has 0 heterocycles. The molecule has 4 rings (SSSR count). The second-order valence-corrected chi connectivity index (χ2v) is 11.0. The van der Waals surface area contributed by atoms with Gasteiger partial charge in [0.15, 0.2) is 11.4 Å². The van der Waals surface area contributed by atoms with Crippen molar-refractivity contribution in [2.75, 3.05) is 41.3 Å². The highest BCUT2D eigenvalue weighted by molar-refractivity contribution is 6.24. The van der Waals surface area contributed by atoms with Crippen molar-refractivity contribution in [1.29, 1.82) is 0 Å². The van der Waals surface area contributed by atoms with Gasteiger partial charge in [-0.2, -0.15) is 0 Å². The lowest BCUT2D eigenvalue weighted by Crippen LogP contribution is -2.65. The summed E-state index contributed by atoms with van der Waals surface area (Å²) in [5.74, 6) is -6.87. The van der Waals surface area contributed by atoms with Crippen LogP contribution in [0, 0.1) is 11.8 Å². The second kappa shape index (κ2) is 10.7. The largest absolute Gasteiger partial charge is 0.508 e. The van der Waals surface area contributed by atoms with E-state index >= 15 is 0 Å². The van der Waals surface area contributed by atoms with E-state index in [2.05, 4.69) is 5.16 Å². The summed E-state index contributed by atoms with van der Waals surface area (Å²) in [6, 6.07) is 1.93. The third-order valence-corrected chi connectivity index (χ3v) is 8.01. The van der Waals surface area contributed by atoms with E-state index in [4.69, 9.17) is 10.6 Å². The zero-order chi connectivity index (χ0) is 29.7. The van der Waals surface area contributed by atoms with E-state index in [1.165, 1.54) is 11.0 Å². The van der Waals surface area contributed by atoms with Crippen LogP contribution in [0.1, 0.15) is 36.5 Å². The molecule has 0 saturated heterocycles. The van der Waals surface area contributed by atoms with Crippen molar-refractivity contribution in [3.8, 4) is 5.75 Å².